The van der Waals surface area contributed by atoms with Crippen LogP contribution in [0.15, 0.2) is 66.3 Å². The van der Waals surface area contributed by atoms with Gasteiger partial charge in [-0.05, 0) is 36.4 Å². The molecular formula is C20H19N3O3S. The molecule has 0 saturated heterocycles. The Kier molecular flexibility index (Phi) is 5.93. The van der Waals surface area contributed by atoms with Crippen molar-refractivity contribution in [3.05, 3.63) is 66.7 Å². The van der Waals surface area contributed by atoms with Crippen molar-refractivity contribution in [3.63, 3.8) is 0 Å². The number of carbonyl (C=O) groups excluding carboxylic acids is 2. The molecule has 0 spiro atoms. The second-order valence-electron chi connectivity index (χ2n) is 5.69. The van der Waals surface area contributed by atoms with E-state index in [4.69, 9.17) is 0 Å². The summed E-state index contributed by atoms with van der Waals surface area (Å²) in [5.74, 6) is -0.341. The smallest absolute Gasteiger partial charge is 0.337 e. The molecule has 3 rings (SSSR count). The number of ether oxygens (including phenoxy) is 1. The number of thioether (sulfide) groups is 1. The first-order chi connectivity index (χ1) is 13.1. The second kappa shape index (κ2) is 8.55. The Hall–Kier alpha value is -3.06. The quantitative estimate of drug-likeness (QED) is 0.383. The van der Waals surface area contributed by atoms with Crippen LogP contribution in [0.1, 0.15) is 10.4 Å². The molecule has 138 valence electrons. The van der Waals surface area contributed by atoms with Gasteiger partial charge >= 0.3 is 5.97 Å². The van der Waals surface area contributed by atoms with Crippen LogP contribution in [0.25, 0.3) is 11.0 Å². The normalized spacial score (nSPS) is 10.6. The van der Waals surface area contributed by atoms with Crippen LogP contribution >= 0.6 is 11.8 Å². The number of hydrogen-bond donors (Lipinski definition) is 1. The molecule has 0 aliphatic carbocycles. The van der Waals surface area contributed by atoms with E-state index in [0.717, 1.165) is 16.2 Å². The fraction of sp³-hybridized carbons (Fsp3) is 0.150. The minimum absolute atomic E-state index is 0.150. The number of amides is 1. The van der Waals surface area contributed by atoms with Gasteiger partial charge in [-0.1, -0.05) is 30.0 Å². The van der Waals surface area contributed by atoms with Crippen LogP contribution in [0.4, 0.5) is 5.69 Å². The summed E-state index contributed by atoms with van der Waals surface area (Å²) in [6, 6.07) is 14.4. The molecule has 0 aliphatic heterocycles. The molecular weight excluding hydrogens is 362 g/mol. The lowest BCUT2D eigenvalue weighted by Crippen LogP contribution is -2.14. The Morgan fingerprint density at radius 3 is 2.67 bits per heavy atom. The Morgan fingerprint density at radius 1 is 1.22 bits per heavy atom. The summed E-state index contributed by atoms with van der Waals surface area (Å²) in [4.78, 5) is 28.3. The first kappa shape index (κ1) is 18.7. The molecule has 1 amide bonds. The molecule has 27 heavy (non-hydrogen) atoms. The third-order valence-corrected chi connectivity index (χ3v) is 4.83. The molecule has 7 heteroatoms. The zero-order chi connectivity index (χ0) is 19.2. The number of esters is 1. The van der Waals surface area contributed by atoms with Crippen molar-refractivity contribution in [1.29, 1.82) is 0 Å². The fourth-order valence-corrected chi connectivity index (χ4v) is 3.43. The molecule has 0 radical (unpaired) electrons. The van der Waals surface area contributed by atoms with E-state index in [2.05, 4.69) is 21.6 Å². The average molecular weight is 381 g/mol. The summed E-state index contributed by atoms with van der Waals surface area (Å²) < 4.78 is 6.69. The van der Waals surface area contributed by atoms with Crippen molar-refractivity contribution >= 4 is 40.4 Å². The number of nitrogens with one attached hydrogen (secondary N) is 1. The van der Waals surface area contributed by atoms with Gasteiger partial charge in [0.1, 0.15) is 0 Å². The summed E-state index contributed by atoms with van der Waals surface area (Å²) in [7, 11) is 1.33. The molecule has 6 nitrogen and oxygen atoms in total. The molecule has 3 aromatic rings. The number of fused-ring (bicyclic) bond motifs is 1. The molecule has 0 unspecified atom stereocenters. The molecule has 1 aromatic heterocycles. The maximum Gasteiger partial charge on any atom is 0.337 e. The van der Waals surface area contributed by atoms with Crippen molar-refractivity contribution in [3.8, 4) is 0 Å². The van der Waals surface area contributed by atoms with Crippen molar-refractivity contribution in [2.75, 3.05) is 18.2 Å². The van der Waals surface area contributed by atoms with Gasteiger partial charge < -0.3 is 14.6 Å². The van der Waals surface area contributed by atoms with Gasteiger partial charge in [-0.3, -0.25) is 4.79 Å². The number of aromatic nitrogens is 2. The molecule has 0 aliphatic rings. The number of imidazole rings is 1. The van der Waals surface area contributed by atoms with E-state index < -0.39 is 5.97 Å². The van der Waals surface area contributed by atoms with Gasteiger partial charge in [0.15, 0.2) is 5.16 Å². The molecule has 2 aromatic carbocycles. The lowest BCUT2D eigenvalue weighted by atomic mass is 10.2. The lowest BCUT2D eigenvalue weighted by molar-refractivity contribution is -0.113. The van der Waals surface area contributed by atoms with E-state index in [-0.39, 0.29) is 11.7 Å². The SMILES string of the molecule is C=CCn1c(SCC(=O)Nc2ccc(C(=O)OC)cc2)nc2ccccc21. The second-order valence-corrected chi connectivity index (χ2v) is 6.63. The standard InChI is InChI=1S/C20H19N3O3S/c1-3-12-23-17-7-5-4-6-16(17)22-20(23)27-13-18(24)21-15-10-8-14(9-11-15)19(25)26-2/h3-11H,1,12-13H2,2H3,(H,21,24). The van der Waals surface area contributed by atoms with Gasteiger partial charge in [-0.15, -0.1) is 6.58 Å². The monoisotopic (exact) mass is 381 g/mol. The van der Waals surface area contributed by atoms with Crippen LogP contribution in [-0.4, -0.2) is 34.3 Å². The lowest BCUT2D eigenvalue weighted by Gasteiger charge is -2.07. The number of carbonyl (C=O) groups is 2. The zero-order valence-electron chi connectivity index (χ0n) is 14.8. The highest BCUT2D eigenvalue weighted by Crippen LogP contribution is 2.24. The Labute approximate surface area is 161 Å². The maximum absolute atomic E-state index is 12.3. The average Bonchev–Trinajstić information content (AvgIpc) is 3.04. The van der Waals surface area contributed by atoms with Gasteiger partial charge in [0.05, 0.1) is 29.5 Å². The summed E-state index contributed by atoms with van der Waals surface area (Å²) in [6.07, 6.45) is 1.81. The van der Waals surface area contributed by atoms with Crippen molar-refractivity contribution in [2.45, 2.75) is 11.7 Å². The van der Waals surface area contributed by atoms with Crippen molar-refractivity contribution < 1.29 is 14.3 Å². The number of benzene rings is 2. The number of methoxy groups -OCH3 is 1. The third kappa shape index (κ3) is 4.38. The molecule has 1 heterocycles. The fourth-order valence-electron chi connectivity index (χ4n) is 2.60. The minimum Gasteiger partial charge on any atom is -0.465 e. The van der Waals surface area contributed by atoms with Crippen molar-refractivity contribution in [1.82, 2.24) is 9.55 Å². The van der Waals surface area contributed by atoms with Crippen LogP contribution in [0.2, 0.25) is 0 Å². The topological polar surface area (TPSA) is 73.2 Å². The highest BCUT2D eigenvalue weighted by molar-refractivity contribution is 7.99. The Balaban J connectivity index is 1.65. The van der Waals surface area contributed by atoms with Gasteiger partial charge in [-0.25, -0.2) is 9.78 Å². The first-order valence-corrected chi connectivity index (χ1v) is 9.28. The summed E-state index contributed by atoms with van der Waals surface area (Å²) >= 11 is 1.37. The van der Waals surface area contributed by atoms with E-state index in [0.29, 0.717) is 17.8 Å². The highest BCUT2D eigenvalue weighted by atomic mass is 32.2. The maximum atomic E-state index is 12.3. The highest BCUT2D eigenvalue weighted by Gasteiger charge is 2.12. The third-order valence-electron chi connectivity index (χ3n) is 3.85. The molecule has 0 saturated carbocycles. The Morgan fingerprint density at radius 2 is 1.96 bits per heavy atom. The number of anilines is 1. The van der Waals surface area contributed by atoms with Gasteiger partial charge in [0, 0.05) is 12.2 Å². The number of rotatable bonds is 7. The van der Waals surface area contributed by atoms with E-state index >= 15 is 0 Å². The van der Waals surface area contributed by atoms with E-state index in [1.54, 1.807) is 30.3 Å². The number of para-hydroxylation sites is 2. The number of hydrogen-bond acceptors (Lipinski definition) is 5. The molecule has 0 atom stereocenters. The van der Waals surface area contributed by atoms with Crippen LogP contribution in [0.5, 0.6) is 0 Å². The zero-order valence-corrected chi connectivity index (χ0v) is 15.7. The summed E-state index contributed by atoms with van der Waals surface area (Å²) in [5, 5.41) is 3.58. The van der Waals surface area contributed by atoms with Crippen LogP contribution in [0, 0.1) is 0 Å². The molecule has 1 N–H and O–H groups in total. The van der Waals surface area contributed by atoms with Gasteiger partial charge in [0.2, 0.25) is 5.91 Å². The predicted octanol–water partition coefficient (Wildman–Crippen LogP) is 3.74. The largest absolute Gasteiger partial charge is 0.465 e. The molecule has 0 bridgehead atoms. The van der Waals surface area contributed by atoms with Crippen LogP contribution < -0.4 is 5.32 Å². The summed E-state index contributed by atoms with van der Waals surface area (Å²) in [6.45, 7) is 4.41. The first-order valence-electron chi connectivity index (χ1n) is 8.29. The predicted molar refractivity (Wildman–Crippen MR) is 107 cm³/mol. The molecule has 0 fully saturated rings. The number of allylic oxidation sites excluding steroid dienone is 1. The minimum atomic E-state index is -0.412. The van der Waals surface area contributed by atoms with E-state index in [9.17, 15) is 9.59 Å². The van der Waals surface area contributed by atoms with Gasteiger partial charge in [0.25, 0.3) is 0 Å². The van der Waals surface area contributed by atoms with Crippen LogP contribution in [-0.2, 0) is 16.1 Å². The summed E-state index contributed by atoms with van der Waals surface area (Å²) in [5.41, 5.74) is 2.95. The van der Waals surface area contributed by atoms with Crippen molar-refractivity contribution in [2.24, 2.45) is 0 Å². The Bertz CT molecular complexity index is 980. The van der Waals surface area contributed by atoms with Gasteiger partial charge in [-0.2, -0.15) is 0 Å². The van der Waals surface area contributed by atoms with E-state index in [1.165, 1.54) is 18.9 Å². The van der Waals surface area contributed by atoms with Crippen LogP contribution in [0.3, 0.4) is 0 Å². The van der Waals surface area contributed by atoms with E-state index in [1.807, 2.05) is 28.8 Å². The number of nitrogens with zero attached hydrogens (tertiary/aromatic N) is 2.